The third-order valence-electron chi connectivity index (χ3n) is 5.43. The minimum atomic E-state index is -2.71. The van der Waals surface area contributed by atoms with Crippen LogP contribution in [0.3, 0.4) is 0 Å². The van der Waals surface area contributed by atoms with E-state index < -0.39 is 32.9 Å². The van der Waals surface area contributed by atoms with E-state index in [1.54, 1.807) is 0 Å². The number of aliphatic hydroxyl groups excluding tert-OH is 2. The van der Waals surface area contributed by atoms with Gasteiger partial charge in [-0.05, 0) is 15.4 Å². The fraction of sp³-hybridized carbons (Fsp3) is 0.455. The van der Waals surface area contributed by atoms with Crippen LogP contribution in [0, 0.1) is 0 Å². The van der Waals surface area contributed by atoms with Gasteiger partial charge in [-0.2, -0.15) is 0 Å². The average Bonchev–Trinajstić information content (AvgIpc) is 2.97. The predicted molar refractivity (Wildman–Crippen MR) is 111 cm³/mol. The highest BCUT2D eigenvalue weighted by Gasteiger charge is 2.52. The van der Waals surface area contributed by atoms with Gasteiger partial charge >= 0.3 is 0 Å². The van der Waals surface area contributed by atoms with E-state index in [0.29, 0.717) is 0 Å². The highest BCUT2D eigenvalue weighted by Crippen LogP contribution is 2.37. The monoisotopic (exact) mass is 402 g/mol. The van der Waals surface area contributed by atoms with E-state index in [-0.39, 0.29) is 11.6 Å². The minimum absolute atomic E-state index is 0.168. The van der Waals surface area contributed by atoms with E-state index in [0.717, 1.165) is 10.4 Å². The van der Waals surface area contributed by atoms with Crippen LogP contribution in [-0.4, -0.2) is 56.8 Å². The number of methoxy groups -OCH3 is 1. The molecular formula is C22H30O5Si. The summed E-state index contributed by atoms with van der Waals surface area (Å²) < 4.78 is 17.6. The lowest BCUT2D eigenvalue weighted by atomic mass is 10.1. The van der Waals surface area contributed by atoms with E-state index >= 15 is 0 Å². The van der Waals surface area contributed by atoms with Crippen LogP contribution in [0.1, 0.15) is 20.8 Å². The first-order valence-electron chi connectivity index (χ1n) is 9.60. The summed E-state index contributed by atoms with van der Waals surface area (Å²) in [7, 11) is -1.26. The molecule has 2 N–H and O–H groups in total. The van der Waals surface area contributed by atoms with E-state index in [9.17, 15) is 10.2 Å². The standard InChI is InChI=1S/C22H30O5Si/c1-22(2,3)28(16-11-7-5-8-12-16,17-13-9-6-10-14-17)26-15-18-19(23)20(24)21(25-4)27-18/h5-14,18-21,23-24H,15H2,1-4H3/t18-,19-,20+,21-/m1/s1. The van der Waals surface area contributed by atoms with Gasteiger partial charge in [0, 0.05) is 7.11 Å². The second-order valence-corrected chi connectivity index (χ2v) is 12.5. The van der Waals surface area contributed by atoms with Gasteiger partial charge in [-0.15, -0.1) is 0 Å². The molecule has 1 aliphatic rings. The summed E-state index contributed by atoms with van der Waals surface area (Å²) in [5.74, 6) is 0. The fourth-order valence-electron chi connectivity index (χ4n) is 4.02. The number of benzene rings is 2. The molecule has 2 aromatic rings. The third kappa shape index (κ3) is 3.81. The average molecular weight is 403 g/mol. The Kier molecular flexibility index (Phi) is 6.39. The molecule has 0 bridgehead atoms. The van der Waals surface area contributed by atoms with Crippen LogP contribution in [-0.2, 0) is 13.9 Å². The van der Waals surface area contributed by atoms with Crippen LogP contribution in [0.25, 0.3) is 0 Å². The largest absolute Gasteiger partial charge is 0.405 e. The van der Waals surface area contributed by atoms with Crippen LogP contribution >= 0.6 is 0 Å². The summed E-state index contributed by atoms with van der Waals surface area (Å²) in [6, 6.07) is 20.6. The number of rotatable bonds is 6. The zero-order valence-corrected chi connectivity index (χ0v) is 17.9. The molecule has 0 spiro atoms. The Morgan fingerprint density at radius 2 is 1.39 bits per heavy atom. The normalized spacial score (nSPS) is 25.8. The number of hydrogen-bond acceptors (Lipinski definition) is 5. The Hall–Kier alpha value is -1.54. The van der Waals surface area contributed by atoms with Gasteiger partial charge in [-0.25, -0.2) is 0 Å². The summed E-state index contributed by atoms with van der Waals surface area (Å²) in [5, 5.41) is 22.6. The summed E-state index contributed by atoms with van der Waals surface area (Å²) in [6.45, 7) is 6.75. The smallest absolute Gasteiger partial charge is 0.261 e. The van der Waals surface area contributed by atoms with Crippen molar-refractivity contribution >= 4 is 18.7 Å². The zero-order chi connectivity index (χ0) is 20.4. The van der Waals surface area contributed by atoms with Crippen molar-refractivity contribution in [3.63, 3.8) is 0 Å². The van der Waals surface area contributed by atoms with Gasteiger partial charge in [0.15, 0.2) is 6.29 Å². The van der Waals surface area contributed by atoms with Crippen molar-refractivity contribution in [1.82, 2.24) is 0 Å². The van der Waals surface area contributed by atoms with Gasteiger partial charge in [-0.3, -0.25) is 0 Å². The van der Waals surface area contributed by atoms with Crippen molar-refractivity contribution < 1.29 is 24.1 Å². The molecule has 0 saturated carbocycles. The summed E-state index contributed by atoms with van der Waals surface area (Å²) in [4.78, 5) is 0. The summed E-state index contributed by atoms with van der Waals surface area (Å²) in [6.07, 6.45) is -3.63. The van der Waals surface area contributed by atoms with Crippen LogP contribution in [0.15, 0.2) is 60.7 Å². The summed E-state index contributed by atoms with van der Waals surface area (Å²) >= 11 is 0. The lowest BCUT2D eigenvalue weighted by molar-refractivity contribution is -0.152. The molecule has 0 unspecified atom stereocenters. The van der Waals surface area contributed by atoms with E-state index in [2.05, 4.69) is 45.0 Å². The molecule has 1 aliphatic heterocycles. The molecule has 0 amide bonds. The van der Waals surface area contributed by atoms with Crippen molar-refractivity contribution in [2.24, 2.45) is 0 Å². The Labute approximate surface area is 168 Å². The van der Waals surface area contributed by atoms with Crippen molar-refractivity contribution in [3.8, 4) is 0 Å². The molecule has 6 heteroatoms. The molecule has 0 radical (unpaired) electrons. The van der Waals surface area contributed by atoms with E-state index in [1.807, 2.05) is 36.4 Å². The molecule has 3 rings (SSSR count). The molecule has 0 aromatic heterocycles. The Bertz CT molecular complexity index is 707. The molecule has 0 aliphatic carbocycles. The molecule has 1 fully saturated rings. The van der Waals surface area contributed by atoms with Crippen LogP contribution < -0.4 is 10.4 Å². The fourth-order valence-corrected chi connectivity index (χ4v) is 8.59. The third-order valence-corrected chi connectivity index (χ3v) is 10.4. The number of aliphatic hydroxyl groups is 2. The maximum absolute atomic E-state index is 10.4. The van der Waals surface area contributed by atoms with Gasteiger partial charge in [0.2, 0.25) is 0 Å². The van der Waals surface area contributed by atoms with Crippen LogP contribution in [0.2, 0.25) is 5.04 Å². The molecule has 2 aromatic carbocycles. The van der Waals surface area contributed by atoms with Gasteiger partial charge in [0.1, 0.15) is 18.3 Å². The Morgan fingerprint density at radius 3 is 1.79 bits per heavy atom. The lowest BCUT2D eigenvalue weighted by Crippen LogP contribution is -2.67. The molecule has 5 nitrogen and oxygen atoms in total. The van der Waals surface area contributed by atoms with Gasteiger partial charge in [0.25, 0.3) is 8.32 Å². The molecule has 1 heterocycles. The molecule has 4 atom stereocenters. The Morgan fingerprint density at radius 1 is 0.893 bits per heavy atom. The Balaban J connectivity index is 2.00. The SMILES string of the molecule is CO[C@@H]1O[C@H](CO[Si](c2ccccc2)(c2ccccc2)C(C)(C)C)[C@@H](O)[C@@H]1O. The first-order chi connectivity index (χ1) is 13.3. The first-order valence-corrected chi connectivity index (χ1v) is 11.5. The lowest BCUT2D eigenvalue weighted by Gasteiger charge is -2.43. The topological polar surface area (TPSA) is 68.2 Å². The van der Waals surface area contributed by atoms with Gasteiger partial charge < -0.3 is 24.1 Å². The van der Waals surface area contributed by atoms with E-state index in [4.69, 9.17) is 13.9 Å². The van der Waals surface area contributed by atoms with Crippen LogP contribution in [0.4, 0.5) is 0 Å². The maximum Gasteiger partial charge on any atom is 0.261 e. The predicted octanol–water partition coefficient (Wildman–Crippen LogP) is 1.66. The van der Waals surface area contributed by atoms with Crippen molar-refractivity contribution in [1.29, 1.82) is 0 Å². The highest BCUT2D eigenvalue weighted by molar-refractivity contribution is 6.99. The molecule has 28 heavy (non-hydrogen) atoms. The van der Waals surface area contributed by atoms with Crippen molar-refractivity contribution in [2.75, 3.05) is 13.7 Å². The quantitative estimate of drug-likeness (QED) is 0.720. The van der Waals surface area contributed by atoms with E-state index in [1.165, 1.54) is 7.11 Å². The van der Waals surface area contributed by atoms with Crippen molar-refractivity contribution in [2.45, 2.75) is 50.4 Å². The van der Waals surface area contributed by atoms with Gasteiger partial charge in [0.05, 0.1) is 6.61 Å². The highest BCUT2D eigenvalue weighted by atomic mass is 28.4. The summed E-state index contributed by atoms with van der Waals surface area (Å²) in [5.41, 5.74) is 0. The van der Waals surface area contributed by atoms with Crippen LogP contribution in [0.5, 0.6) is 0 Å². The van der Waals surface area contributed by atoms with Gasteiger partial charge in [-0.1, -0.05) is 81.4 Å². The second kappa shape index (κ2) is 8.45. The second-order valence-electron chi connectivity index (χ2n) is 8.23. The number of hydrogen-bond donors (Lipinski definition) is 2. The van der Waals surface area contributed by atoms with Crippen molar-refractivity contribution in [3.05, 3.63) is 60.7 Å². The number of ether oxygens (including phenoxy) is 2. The minimum Gasteiger partial charge on any atom is -0.405 e. The first kappa shape index (κ1) is 21.2. The zero-order valence-electron chi connectivity index (χ0n) is 16.9. The maximum atomic E-state index is 10.4. The molecular weight excluding hydrogens is 372 g/mol. The molecule has 152 valence electrons. The molecule has 1 saturated heterocycles.